The maximum Gasteiger partial charge on any atom is 0.267 e. The Labute approximate surface area is 119 Å². The van der Waals surface area contributed by atoms with Gasteiger partial charge in [0, 0.05) is 29.3 Å². The summed E-state index contributed by atoms with van der Waals surface area (Å²) in [7, 11) is 0. The highest BCUT2D eigenvalue weighted by molar-refractivity contribution is 7.16. The van der Waals surface area contributed by atoms with E-state index in [4.69, 9.17) is 0 Å². The van der Waals surface area contributed by atoms with E-state index in [9.17, 15) is 4.79 Å². The Balaban J connectivity index is 1.73. The van der Waals surface area contributed by atoms with Gasteiger partial charge in [0.2, 0.25) is 0 Å². The van der Waals surface area contributed by atoms with Crippen LogP contribution in [0.25, 0.3) is 0 Å². The molecule has 3 rings (SSSR count). The van der Waals surface area contributed by atoms with Crippen molar-refractivity contribution in [1.29, 1.82) is 0 Å². The van der Waals surface area contributed by atoms with Gasteiger partial charge in [0.05, 0.1) is 10.6 Å². The number of thiophene rings is 1. The first kappa shape index (κ1) is 12.8. The molecule has 0 radical (unpaired) electrons. The van der Waals surface area contributed by atoms with Crippen LogP contribution < -0.4 is 10.6 Å². The van der Waals surface area contributed by atoms with Gasteiger partial charge < -0.3 is 5.32 Å². The second kappa shape index (κ2) is 5.40. The molecule has 6 heteroatoms. The molecular weight excluding hydrogens is 278 g/mol. The third-order valence-electron chi connectivity index (χ3n) is 3.06. The summed E-state index contributed by atoms with van der Waals surface area (Å²) in [5.41, 5.74) is 1.12. The molecule has 0 fully saturated rings. The van der Waals surface area contributed by atoms with Crippen molar-refractivity contribution in [2.24, 2.45) is 0 Å². The summed E-state index contributed by atoms with van der Waals surface area (Å²) < 4.78 is 0. The van der Waals surface area contributed by atoms with Crippen molar-refractivity contribution in [3.05, 3.63) is 32.5 Å². The molecule has 0 saturated heterocycles. The lowest BCUT2D eigenvalue weighted by molar-refractivity contribution is 0.103. The standard InChI is InChI=1S/C13H15N3OS2/c1-2-8-3-4-10(18-8)12(17)16-13-15-9-5-6-14-7-11(9)19-13/h3-4,14H,2,5-7H2,1H3,(H,15,16,17). The predicted molar refractivity (Wildman–Crippen MR) is 79.2 cm³/mol. The van der Waals surface area contributed by atoms with Crippen LogP contribution in [-0.2, 0) is 19.4 Å². The molecule has 0 saturated carbocycles. The van der Waals surface area contributed by atoms with Crippen LogP contribution in [0.4, 0.5) is 5.13 Å². The molecule has 2 aromatic rings. The fraction of sp³-hybridized carbons (Fsp3) is 0.385. The lowest BCUT2D eigenvalue weighted by Gasteiger charge is -2.09. The van der Waals surface area contributed by atoms with Gasteiger partial charge in [0.25, 0.3) is 5.91 Å². The zero-order valence-corrected chi connectivity index (χ0v) is 12.3. The number of thiazole rings is 1. The van der Waals surface area contributed by atoms with E-state index in [1.54, 1.807) is 22.7 Å². The summed E-state index contributed by atoms with van der Waals surface area (Å²) in [4.78, 5) is 19.8. The van der Waals surface area contributed by atoms with Gasteiger partial charge in [-0.25, -0.2) is 4.98 Å². The normalized spacial score (nSPS) is 14.2. The molecule has 19 heavy (non-hydrogen) atoms. The monoisotopic (exact) mass is 293 g/mol. The van der Waals surface area contributed by atoms with Crippen LogP contribution in [0.15, 0.2) is 12.1 Å². The minimum Gasteiger partial charge on any atom is -0.311 e. The molecule has 100 valence electrons. The number of fused-ring (bicyclic) bond motifs is 1. The number of nitrogens with zero attached hydrogens (tertiary/aromatic N) is 1. The Hall–Kier alpha value is -1.24. The van der Waals surface area contributed by atoms with Gasteiger partial charge in [0.15, 0.2) is 5.13 Å². The van der Waals surface area contributed by atoms with Crippen molar-refractivity contribution >= 4 is 33.7 Å². The van der Waals surface area contributed by atoms with Crippen molar-refractivity contribution in [1.82, 2.24) is 10.3 Å². The van der Waals surface area contributed by atoms with Gasteiger partial charge in [-0.2, -0.15) is 0 Å². The van der Waals surface area contributed by atoms with E-state index >= 15 is 0 Å². The number of nitrogens with one attached hydrogen (secondary N) is 2. The van der Waals surface area contributed by atoms with E-state index in [-0.39, 0.29) is 5.91 Å². The number of amides is 1. The molecule has 0 spiro atoms. The zero-order chi connectivity index (χ0) is 13.2. The van der Waals surface area contributed by atoms with Gasteiger partial charge in [-0.05, 0) is 18.6 Å². The summed E-state index contributed by atoms with van der Waals surface area (Å²) in [6, 6.07) is 3.89. The zero-order valence-electron chi connectivity index (χ0n) is 10.7. The minimum atomic E-state index is -0.0521. The van der Waals surface area contributed by atoms with E-state index in [0.717, 1.165) is 36.5 Å². The highest BCUT2D eigenvalue weighted by Crippen LogP contribution is 2.26. The van der Waals surface area contributed by atoms with Gasteiger partial charge >= 0.3 is 0 Å². The van der Waals surface area contributed by atoms with Crippen LogP contribution in [0.5, 0.6) is 0 Å². The average Bonchev–Trinajstić information content (AvgIpc) is 3.04. The second-order valence-corrected chi connectivity index (χ2v) is 6.64. The largest absolute Gasteiger partial charge is 0.311 e. The Morgan fingerprint density at radius 1 is 1.47 bits per heavy atom. The molecule has 3 heterocycles. The van der Waals surface area contributed by atoms with Gasteiger partial charge in [-0.3, -0.25) is 10.1 Å². The highest BCUT2D eigenvalue weighted by Gasteiger charge is 2.17. The molecule has 2 aromatic heterocycles. The average molecular weight is 293 g/mol. The molecule has 1 aliphatic heterocycles. The van der Waals surface area contributed by atoms with Gasteiger partial charge in [0.1, 0.15) is 0 Å². The quantitative estimate of drug-likeness (QED) is 0.915. The van der Waals surface area contributed by atoms with E-state index in [1.807, 2.05) is 12.1 Å². The second-order valence-electron chi connectivity index (χ2n) is 4.39. The molecule has 4 nitrogen and oxygen atoms in total. The van der Waals surface area contributed by atoms with Gasteiger partial charge in [-0.15, -0.1) is 22.7 Å². The smallest absolute Gasteiger partial charge is 0.267 e. The molecule has 1 aliphatic rings. The van der Waals surface area contributed by atoms with Crippen molar-refractivity contribution in [2.75, 3.05) is 11.9 Å². The van der Waals surface area contributed by atoms with Crippen molar-refractivity contribution in [3.8, 4) is 0 Å². The third kappa shape index (κ3) is 2.70. The summed E-state index contributed by atoms with van der Waals surface area (Å²) >= 11 is 3.12. The van der Waals surface area contributed by atoms with Crippen LogP contribution in [-0.4, -0.2) is 17.4 Å². The number of aromatic nitrogens is 1. The van der Waals surface area contributed by atoms with Crippen LogP contribution >= 0.6 is 22.7 Å². The number of hydrogen-bond donors (Lipinski definition) is 2. The van der Waals surface area contributed by atoms with E-state index in [0.29, 0.717) is 5.13 Å². The molecule has 0 aliphatic carbocycles. The number of rotatable bonds is 3. The Morgan fingerprint density at radius 3 is 3.11 bits per heavy atom. The SMILES string of the molecule is CCc1ccc(C(=O)Nc2nc3c(s2)CNCC3)s1. The van der Waals surface area contributed by atoms with Crippen molar-refractivity contribution in [2.45, 2.75) is 26.3 Å². The summed E-state index contributed by atoms with van der Waals surface area (Å²) in [6.45, 7) is 3.92. The fourth-order valence-electron chi connectivity index (χ4n) is 2.03. The Morgan fingerprint density at radius 2 is 2.37 bits per heavy atom. The van der Waals surface area contributed by atoms with Crippen molar-refractivity contribution in [3.63, 3.8) is 0 Å². The molecular formula is C13H15N3OS2. The van der Waals surface area contributed by atoms with Crippen molar-refractivity contribution < 1.29 is 4.79 Å². The topological polar surface area (TPSA) is 54.0 Å². The summed E-state index contributed by atoms with van der Waals surface area (Å²) in [6.07, 6.45) is 1.91. The maximum atomic E-state index is 12.1. The Bertz CT molecular complexity index is 579. The van der Waals surface area contributed by atoms with Crippen LogP contribution in [0, 0.1) is 0 Å². The Kier molecular flexibility index (Phi) is 3.63. The fourth-order valence-corrected chi connectivity index (χ4v) is 3.84. The van der Waals surface area contributed by atoms with Crippen LogP contribution in [0.2, 0.25) is 0 Å². The number of carbonyl (C=O) groups is 1. The van der Waals surface area contributed by atoms with Crippen LogP contribution in [0.1, 0.15) is 32.0 Å². The molecule has 1 amide bonds. The number of carbonyl (C=O) groups excluding carboxylic acids is 1. The highest BCUT2D eigenvalue weighted by atomic mass is 32.1. The molecule has 0 unspecified atom stereocenters. The van der Waals surface area contributed by atoms with E-state index < -0.39 is 0 Å². The predicted octanol–water partition coefficient (Wildman–Crippen LogP) is 2.67. The lowest BCUT2D eigenvalue weighted by atomic mass is 10.2. The van der Waals surface area contributed by atoms with E-state index in [2.05, 4.69) is 22.5 Å². The first-order valence-corrected chi connectivity index (χ1v) is 7.99. The summed E-state index contributed by atoms with van der Waals surface area (Å²) in [5, 5.41) is 6.93. The summed E-state index contributed by atoms with van der Waals surface area (Å²) in [5.74, 6) is -0.0521. The van der Waals surface area contributed by atoms with Gasteiger partial charge in [-0.1, -0.05) is 6.92 Å². The number of hydrogen-bond acceptors (Lipinski definition) is 5. The first-order chi connectivity index (χ1) is 9.26. The number of anilines is 1. The lowest BCUT2D eigenvalue weighted by Crippen LogP contribution is -2.22. The molecule has 0 bridgehead atoms. The maximum absolute atomic E-state index is 12.1. The van der Waals surface area contributed by atoms with E-state index in [1.165, 1.54) is 9.75 Å². The first-order valence-electron chi connectivity index (χ1n) is 6.35. The third-order valence-corrected chi connectivity index (χ3v) is 5.30. The number of aryl methyl sites for hydroxylation is 1. The molecule has 2 N–H and O–H groups in total. The minimum absolute atomic E-state index is 0.0521. The molecule has 0 atom stereocenters. The molecule has 0 aromatic carbocycles. The van der Waals surface area contributed by atoms with Crippen LogP contribution in [0.3, 0.4) is 0 Å².